The number of nitrogens with zero attached hydrogens (tertiary/aromatic N) is 3. The highest BCUT2D eigenvalue weighted by atomic mass is 16.5. The number of aryl methyl sites for hydroxylation is 1. The minimum Gasteiger partial charge on any atom is -0.497 e. The molecule has 0 spiro atoms. The molecule has 0 aliphatic heterocycles. The Hall–Kier alpha value is -2.41. The van der Waals surface area contributed by atoms with Gasteiger partial charge in [0.25, 0.3) is 0 Å². The third-order valence-electron chi connectivity index (χ3n) is 4.16. The van der Waals surface area contributed by atoms with Gasteiger partial charge in [-0.3, -0.25) is 4.79 Å². The van der Waals surface area contributed by atoms with Crippen LogP contribution in [0.2, 0.25) is 0 Å². The quantitative estimate of drug-likeness (QED) is 0.740. The van der Waals surface area contributed by atoms with E-state index in [0.29, 0.717) is 31.1 Å². The molecule has 0 aliphatic carbocycles. The van der Waals surface area contributed by atoms with Gasteiger partial charge in [-0.2, -0.15) is 4.98 Å². The number of likely N-dealkylation sites (N-methyl/N-ethyl adjacent to an activating group) is 1. The standard InChI is InChI=1S/C19H28N4O3/c1-13(2)19-21-18(26-22-19)10-9-17(24)20-12-16(23(3)4)14-7-6-8-15(11-14)25-5/h6-8,11,13,16H,9-10,12H2,1-5H3,(H,20,24). The van der Waals surface area contributed by atoms with Crippen molar-refractivity contribution >= 4 is 5.91 Å². The largest absolute Gasteiger partial charge is 0.497 e. The van der Waals surface area contributed by atoms with Crippen LogP contribution in [0.3, 0.4) is 0 Å². The van der Waals surface area contributed by atoms with Gasteiger partial charge in [0, 0.05) is 25.3 Å². The van der Waals surface area contributed by atoms with Crippen molar-refractivity contribution in [3.8, 4) is 5.75 Å². The van der Waals surface area contributed by atoms with E-state index in [2.05, 4.69) is 20.4 Å². The summed E-state index contributed by atoms with van der Waals surface area (Å²) in [5.41, 5.74) is 1.09. The first-order valence-electron chi connectivity index (χ1n) is 8.80. The molecule has 0 radical (unpaired) electrons. The van der Waals surface area contributed by atoms with E-state index in [1.165, 1.54) is 0 Å². The molecular formula is C19H28N4O3. The summed E-state index contributed by atoms with van der Waals surface area (Å²) < 4.78 is 10.5. The summed E-state index contributed by atoms with van der Waals surface area (Å²) in [5, 5.41) is 6.90. The molecule has 0 aliphatic rings. The van der Waals surface area contributed by atoms with E-state index < -0.39 is 0 Å². The molecule has 7 nitrogen and oxygen atoms in total. The summed E-state index contributed by atoms with van der Waals surface area (Å²) in [5.74, 6) is 2.15. The summed E-state index contributed by atoms with van der Waals surface area (Å²) >= 11 is 0. The predicted octanol–water partition coefficient (Wildman–Crippen LogP) is 2.55. The molecule has 0 saturated carbocycles. The lowest BCUT2D eigenvalue weighted by molar-refractivity contribution is -0.121. The van der Waals surface area contributed by atoms with Gasteiger partial charge >= 0.3 is 0 Å². The first-order chi connectivity index (χ1) is 12.4. The molecule has 142 valence electrons. The normalized spacial score (nSPS) is 12.4. The van der Waals surface area contributed by atoms with Crippen LogP contribution < -0.4 is 10.1 Å². The average molecular weight is 360 g/mol. The molecule has 2 aromatic rings. The van der Waals surface area contributed by atoms with Gasteiger partial charge in [0.15, 0.2) is 5.82 Å². The Morgan fingerprint density at radius 1 is 1.35 bits per heavy atom. The van der Waals surface area contributed by atoms with E-state index in [-0.39, 0.29) is 17.9 Å². The third kappa shape index (κ3) is 5.56. The summed E-state index contributed by atoms with van der Waals surface area (Å²) in [6, 6.07) is 7.94. The van der Waals surface area contributed by atoms with Crippen LogP contribution in [0, 0.1) is 0 Å². The van der Waals surface area contributed by atoms with Gasteiger partial charge in [0.05, 0.1) is 13.2 Å². The molecule has 0 saturated heterocycles. The van der Waals surface area contributed by atoms with Crippen molar-refractivity contribution in [1.29, 1.82) is 0 Å². The number of carbonyl (C=O) groups is 1. The number of rotatable bonds is 9. The molecular weight excluding hydrogens is 332 g/mol. The fraction of sp³-hybridized carbons (Fsp3) is 0.526. The summed E-state index contributed by atoms with van der Waals surface area (Å²) in [7, 11) is 5.62. The Balaban J connectivity index is 1.88. The highest BCUT2D eigenvalue weighted by Gasteiger charge is 2.17. The zero-order valence-electron chi connectivity index (χ0n) is 16.2. The van der Waals surface area contributed by atoms with E-state index in [9.17, 15) is 4.79 Å². The number of nitrogens with one attached hydrogen (secondary N) is 1. The van der Waals surface area contributed by atoms with Crippen molar-refractivity contribution in [1.82, 2.24) is 20.4 Å². The van der Waals surface area contributed by atoms with Gasteiger partial charge < -0.3 is 19.5 Å². The number of ether oxygens (including phenoxy) is 1. The highest BCUT2D eigenvalue weighted by molar-refractivity contribution is 5.76. The van der Waals surface area contributed by atoms with Crippen LogP contribution in [0.25, 0.3) is 0 Å². The first kappa shape index (κ1) is 19.9. The zero-order valence-corrected chi connectivity index (χ0v) is 16.2. The number of carbonyl (C=O) groups excluding carboxylic acids is 1. The lowest BCUT2D eigenvalue weighted by atomic mass is 10.1. The number of benzene rings is 1. The second-order valence-electron chi connectivity index (χ2n) is 6.76. The maximum atomic E-state index is 12.2. The van der Waals surface area contributed by atoms with E-state index in [1.807, 2.05) is 52.2 Å². The van der Waals surface area contributed by atoms with E-state index in [4.69, 9.17) is 9.26 Å². The molecule has 1 aromatic carbocycles. The molecule has 26 heavy (non-hydrogen) atoms. The fourth-order valence-electron chi connectivity index (χ4n) is 2.57. The maximum absolute atomic E-state index is 12.2. The summed E-state index contributed by atoms with van der Waals surface area (Å²) in [4.78, 5) is 18.6. The van der Waals surface area contributed by atoms with Gasteiger partial charge in [-0.05, 0) is 31.8 Å². The molecule has 0 bridgehead atoms. The monoisotopic (exact) mass is 360 g/mol. The Bertz CT molecular complexity index is 712. The molecule has 1 heterocycles. The number of aromatic nitrogens is 2. The van der Waals surface area contributed by atoms with Crippen molar-refractivity contribution in [2.24, 2.45) is 0 Å². The maximum Gasteiger partial charge on any atom is 0.227 e. The summed E-state index contributed by atoms with van der Waals surface area (Å²) in [6.45, 7) is 4.52. The van der Waals surface area contributed by atoms with E-state index in [0.717, 1.165) is 11.3 Å². The average Bonchev–Trinajstić information content (AvgIpc) is 3.09. The van der Waals surface area contributed by atoms with Gasteiger partial charge in [-0.1, -0.05) is 31.1 Å². The first-order valence-corrected chi connectivity index (χ1v) is 8.80. The van der Waals surface area contributed by atoms with Crippen molar-refractivity contribution in [2.45, 2.75) is 38.6 Å². The van der Waals surface area contributed by atoms with Crippen LogP contribution in [0.1, 0.15) is 49.5 Å². The van der Waals surface area contributed by atoms with Crippen LogP contribution in [-0.2, 0) is 11.2 Å². The second kappa shape index (κ2) is 9.33. The number of hydrogen-bond acceptors (Lipinski definition) is 6. The van der Waals surface area contributed by atoms with Crippen LogP contribution in [0.4, 0.5) is 0 Å². The zero-order chi connectivity index (χ0) is 19.1. The molecule has 1 amide bonds. The molecule has 1 N–H and O–H groups in total. The minimum atomic E-state index is -0.0379. The smallest absolute Gasteiger partial charge is 0.227 e. The number of amides is 1. The van der Waals surface area contributed by atoms with Gasteiger partial charge in [-0.25, -0.2) is 0 Å². The Morgan fingerprint density at radius 2 is 2.12 bits per heavy atom. The second-order valence-corrected chi connectivity index (χ2v) is 6.76. The molecule has 1 aromatic heterocycles. The minimum absolute atomic E-state index is 0.0379. The highest BCUT2D eigenvalue weighted by Crippen LogP contribution is 2.22. The molecule has 0 fully saturated rings. The van der Waals surface area contributed by atoms with E-state index in [1.54, 1.807) is 7.11 Å². The van der Waals surface area contributed by atoms with Gasteiger partial charge in [0.1, 0.15) is 5.75 Å². The SMILES string of the molecule is COc1cccc(C(CNC(=O)CCc2nc(C(C)C)no2)N(C)C)c1. The van der Waals surface area contributed by atoms with Gasteiger partial charge in [0.2, 0.25) is 11.8 Å². The predicted molar refractivity (Wildman–Crippen MR) is 99.1 cm³/mol. The topological polar surface area (TPSA) is 80.5 Å². The molecule has 1 unspecified atom stereocenters. The van der Waals surface area contributed by atoms with Crippen LogP contribution >= 0.6 is 0 Å². The Kier molecular flexibility index (Phi) is 7.15. The third-order valence-corrected chi connectivity index (χ3v) is 4.16. The van der Waals surface area contributed by atoms with Crippen LogP contribution in [0.5, 0.6) is 5.75 Å². The van der Waals surface area contributed by atoms with Crippen LogP contribution in [-0.4, -0.2) is 48.7 Å². The Labute approximate surface area is 154 Å². The number of hydrogen-bond donors (Lipinski definition) is 1. The Morgan fingerprint density at radius 3 is 2.73 bits per heavy atom. The van der Waals surface area contributed by atoms with Gasteiger partial charge in [-0.15, -0.1) is 0 Å². The summed E-state index contributed by atoms with van der Waals surface area (Å²) in [6.07, 6.45) is 0.759. The molecule has 7 heteroatoms. The van der Waals surface area contributed by atoms with Crippen molar-refractivity contribution < 1.29 is 14.1 Å². The van der Waals surface area contributed by atoms with Crippen molar-refractivity contribution in [3.63, 3.8) is 0 Å². The number of methoxy groups -OCH3 is 1. The van der Waals surface area contributed by atoms with E-state index >= 15 is 0 Å². The lowest BCUT2D eigenvalue weighted by Crippen LogP contribution is -2.34. The molecule has 1 atom stereocenters. The molecule has 2 rings (SSSR count). The van der Waals surface area contributed by atoms with Crippen molar-refractivity contribution in [3.05, 3.63) is 41.5 Å². The lowest BCUT2D eigenvalue weighted by Gasteiger charge is -2.25. The van der Waals surface area contributed by atoms with Crippen molar-refractivity contribution in [2.75, 3.05) is 27.7 Å². The van der Waals surface area contributed by atoms with Crippen LogP contribution in [0.15, 0.2) is 28.8 Å². The fourth-order valence-corrected chi connectivity index (χ4v) is 2.57.